The fraction of sp³-hybridized carbons (Fsp3) is 0.786. The van der Waals surface area contributed by atoms with Crippen LogP contribution in [0.25, 0.3) is 0 Å². The molecule has 1 aromatic heterocycles. The fourth-order valence-corrected chi connectivity index (χ4v) is 4.30. The maximum absolute atomic E-state index is 12.6. The minimum atomic E-state index is -3.42. The van der Waals surface area contributed by atoms with Gasteiger partial charge in [0.05, 0.1) is 6.20 Å². The second kappa shape index (κ2) is 5.48. The SMILES string of the molecule is Cc1ncc(S(=O)(=O)N2CCCC(C(C)(C)C)CC2)[nH]1. The molecule has 6 heteroatoms. The van der Waals surface area contributed by atoms with E-state index in [1.165, 1.54) is 6.20 Å². The molecule has 1 unspecified atom stereocenters. The Labute approximate surface area is 121 Å². The number of hydrogen-bond acceptors (Lipinski definition) is 3. The summed E-state index contributed by atoms with van der Waals surface area (Å²) in [6, 6.07) is 0. The van der Waals surface area contributed by atoms with Crippen LogP contribution in [0.3, 0.4) is 0 Å². The third-order valence-electron chi connectivity index (χ3n) is 4.21. The Bertz CT molecular complexity index is 557. The molecule has 114 valence electrons. The van der Waals surface area contributed by atoms with Gasteiger partial charge in [-0.3, -0.25) is 0 Å². The van der Waals surface area contributed by atoms with Crippen LogP contribution in [0.4, 0.5) is 0 Å². The van der Waals surface area contributed by atoms with Crippen molar-refractivity contribution in [2.45, 2.75) is 52.0 Å². The van der Waals surface area contributed by atoms with Gasteiger partial charge in [-0.05, 0) is 37.5 Å². The first-order valence-electron chi connectivity index (χ1n) is 7.23. The average molecular weight is 299 g/mol. The molecule has 1 aliphatic rings. The summed E-state index contributed by atoms with van der Waals surface area (Å²) in [4.78, 5) is 6.83. The van der Waals surface area contributed by atoms with Crippen molar-refractivity contribution in [3.05, 3.63) is 12.0 Å². The van der Waals surface area contributed by atoms with E-state index in [4.69, 9.17) is 0 Å². The van der Waals surface area contributed by atoms with E-state index in [1.54, 1.807) is 11.2 Å². The minimum Gasteiger partial charge on any atom is -0.332 e. The van der Waals surface area contributed by atoms with E-state index in [1.807, 2.05) is 0 Å². The lowest BCUT2D eigenvalue weighted by atomic mass is 9.77. The van der Waals surface area contributed by atoms with Gasteiger partial charge in [0.25, 0.3) is 10.0 Å². The van der Waals surface area contributed by atoms with E-state index < -0.39 is 10.0 Å². The predicted molar refractivity (Wildman–Crippen MR) is 78.9 cm³/mol. The Balaban J connectivity index is 2.14. The third kappa shape index (κ3) is 3.23. The highest BCUT2D eigenvalue weighted by Crippen LogP contribution is 2.35. The van der Waals surface area contributed by atoms with E-state index >= 15 is 0 Å². The lowest BCUT2D eigenvalue weighted by Crippen LogP contribution is -2.32. The molecule has 5 nitrogen and oxygen atoms in total. The van der Waals surface area contributed by atoms with Crippen LogP contribution in [0, 0.1) is 18.3 Å². The summed E-state index contributed by atoms with van der Waals surface area (Å²) in [7, 11) is -3.42. The first kappa shape index (κ1) is 15.5. The van der Waals surface area contributed by atoms with Crippen molar-refractivity contribution < 1.29 is 8.42 Å². The second-order valence-corrected chi connectivity index (χ2v) is 8.64. The molecule has 1 aliphatic heterocycles. The van der Waals surface area contributed by atoms with Crippen molar-refractivity contribution in [3.63, 3.8) is 0 Å². The van der Waals surface area contributed by atoms with Gasteiger partial charge in [0.2, 0.25) is 0 Å². The van der Waals surface area contributed by atoms with Gasteiger partial charge < -0.3 is 4.98 Å². The Kier molecular flexibility index (Phi) is 4.25. The van der Waals surface area contributed by atoms with Gasteiger partial charge in [-0.1, -0.05) is 20.8 Å². The van der Waals surface area contributed by atoms with E-state index in [0.29, 0.717) is 24.8 Å². The zero-order valence-electron chi connectivity index (χ0n) is 12.8. The molecule has 2 heterocycles. The van der Waals surface area contributed by atoms with Gasteiger partial charge in [-0.15, -0.1) is 0 Å². The maximum Gasteiger partial charge on any atom is 0.260 e. The molecule has 1 saturated heterocycles. The standard InChI is InChI=1S/C14H25N3O2S/c1-11-15-10-13(16-11)20(18,19)17-8-5-6-12(7-9-17)14(2,3)4/h10,12H,5-9H2,1-4H3,(H,15,16). The zero-order chi connectivity index (χ0) is 15.0. The average Bonchev–Trinajstić information content (AvgIpc) is 2.63. The Morgan fingerprint density at radius 3 is 2.55 bits per heavy atom. The lowest BCUT2D eigenvalue weighted by molar-refractivity contribution is 0.217. The Hall–Kier alpha value is -0.880. The van der Waals surface area contributed by atoms with E-state index in [2.05, 4.69) is 30.7 Å². The monoisotopic (exact) mass is 299 g/mol. The molecule has 1 fully saturated rings. The van der Waals surface area contributed by atoms with Crippen LogP contribution < -0.4 is 0 Å². The number of sulfonamides is 1. The molecule has 0 aliphatic carbocycles. The van der Waals surface area contributed by atoms with Crippen LogP contribution in [0.15, 0.2) is 11.2 Å². The van der Waals surface area contributed by atoms with Crippen LogP contribution >= 0.6 is 0 Å². The molecule has 0 saturated carbocycles. The van der Waals surface area contributed by atoms with Crippen molar-refractivity contribution in [1.29, 1.82) is 0 Å². The maximum atomic E-state index is 12.6. The van der Waals surface area contributed by atoms with Crippen molar-refractivity contribution in [3.8, 4) is 0 Å². The molecular weight excluding hydrogens is 274 g/mol. The Morgan fingerprint density at radius 1 is 1.30 bits per heavy atom. The molecule has 1 atom stereocenters. The van der Waals surface area contributed by atoms with Crippen LogP contribution in [0.1, 0.15) is 45.9 Å². The Morgan fingerprint density at radius 2 is 2.00 bits per heavy atom. The number of nitrogens with one attached hydrogen (secondary N) is 1. The highest BCUT2D eigenvalue weighted by atomic mass is 32.2. The summed E-state index contributed by atoms with van der Waals surface area (Å²) in [5.74, 6) is 1.21. The topological polar surface area (TPSA) is 66.1 Å². The van der Waals surface area contributed by atoms with E-state index in [-0.39, 0.29) is 10.4 Å². The van der Waals surface area contributed by atoms with Crippen LogP contribution in [0.2, 0.25) is 0 Å². The van der Waals surface area contributed by atoms with Gasteiger partial charge in [0.1, 0.15) is 5.82 Å². The fourth-order valence-electron chi connectivity index (χ4n) is 2.84. The van der Waals surface area contributed by atoms with Gasteiger partial charge >= 0.3 is 0 Å². The molecule has 0 bridgehead atoms. The first-order valence-corrected chi connectivity index (χ1v) is 8.67. The van der Waals surface area contributed by atoms with Gasteiger partial charge in [0, 0.05) is 13.1 Å². The summed E-state index contributed by atoms with van der Waals surface area (Å²) in [5.41, 5.74) is 0.240. The number of aromatic amines is 1. The lowest BCUT2D eigenvalue weighted by Gasteiger charge is -2.29. The van der Waals surface area contributed by atoms with Gasteiger partial charge in [-0.25, -0.2) is 13.4 Å². The summed E-state index contributed by atoms with van der Waals surface area (Å²) in [5, 5.41) is 0.212. The van der Waals surface area contributed by atoms with Crippen molar-refractivity contribution in [2.24, 2.45) is 11.3 Å². The molecular formula is C14H25N3O2S. The van der Waals surface area contributed by atoms with E-state index in [9.17, 15) is 8.42 Å². The van der Waals surface area contributed by atoms with Crippen LogP contribution in [-0.4, -0.2) is 35.8 Å². The largest absolute Gasteiger partial charge is 0.332 e. The molecule has 20 heavy (non-hydrogen) atoms. The van der Waals surface area contributed by atoms with Gasteiger partial charge in [0.15, 0.2) is 5.03 Å². The third-order valence-corrected chi connectivity index (χ3v) is 6.02. The van der Waals surface area contributed by atoms with Crippen LogP contribution in [-0.2, 0) is 10.0 Å². The minimum absolute atomic E-state index is 0.212. The van der Waals surface area contributed by atoms with E-state index in [0.717, 1.165) is 19.3 Å². The summed E-state index contributed by atoms with van der Waals surface area (Å²) >= 11 is 0. The number of imidazole rings is 1. The summed E-state index contributed by atoms with van der Waals surface area (Å²) < 4.78 is 26.7. The molecule has 0 radical (unpaired) electrons. The zero-order valence-corrected chi connectivity index (χ0v) is 13.6. The van der Waals surface area contributed by atoms with Crippen LogP contribution in [0.5, 0.6) is 0 Å². The predicted octanol–water partition coefficient (Wildman–Crippen LogP) is 2.56. The molecule has 0 aromatic carbocycles. The smallest absolute Gasteiger partial charge is 0.260 e. The normalized spacial score (nSPS) is 22.7. The summed E-state index contributed by atoms with van der Waals surface area (Å²) in [6.45, 7) is 9.67. The number of hydrogen-bond donors (Lipinski definition) is 1. The number of rotatable bonds is 2. The van der Waals surface area contributed by atoms with Crippen molar-refractivity contribution in [1.82, 2.24) is 14.3 Å². The molecule has 0 amide bonds. The second-order valence-electron chi connectivity index (χ2n) is 6.73. The molecule has 0 spiro atoms. The highest BCUT2D eigenvalue weighted by Gasteiger charge is 2.32. The number of H-pyrrole nitrogens is 1. The molecule has 2 rings (SSSR count). The summed E-state index contributed by atoms with van der Waals surface area (Å²) in [6.07, 6.45) is 4.36. The molecule has 1 aromatic rings. The number of aryl methyl sites for hydroxylation is 1. The quantitative estimate of drug-likeness (QED) is 0.912. The van der Waals surface area contributed by atoms with Crippen molar-refractivity contribution >= 4 is 10.0 Å². The first-order chi connectivity index (χ1) is 9.21. The number of aromatic nitrogens is 2. The van der Waals surface area contributed by atoms with Gasteiger partial charge in [-0.2, -0.15) is 4.31 Å². The molecule has 1 N–H and O–H groups in total. The highest BCUT2D eigenvalue weighted by molar-refractivity contribution is 7.89. The number of nitrogens with zero attached hydrogens (tertiary/aromatic N) is 2. The van der Waals surface area contributed by atoms with Crippen molar-refractivity contribution in [2.75, 3.05) is 13.1 Å².